The number of anilines is 1. The van der Waals surface area contributed by atoms with Gasteiger partial charge in [0, 0.05) is 29.3 Å². The zero-order valence-corrected chi connectivity index (χ0v) is 11.4. The van der Waals surface area contributed by atoms with Crippen LogP contribution in [0.5, 0.6) is 0 Å². The molecule has 1 aliphatic heterocycles. The Morgan fingerprint density at radius 2 is 1.89 bits per heavy atom. The molecule has 92 valence electrons. The highest BCUT2D eigenvalue weighted by atomic mass is 79.9. The molecule has 2 aromatic rings. The molecule has 0 spiro atoms. The highest BCUT2D eigenvalue weighted by Gasteiger charge is 2.21. The number of fused-ring (bicyclic) bond motifs is 1. The summed E-state index contributed by atoms with van der Waals surface area (Å²) in [6.07, 6.45) is 1.78. The molecule has 1 aliphatic rings. The van der Waals surface area contributed by atoms with Gasteiger partial charge in [0.25, 0.3) is 0 Å². The summed E-state index contributed by atoms with van der Waals surface area (Å²) < 4.78 is 0.895. The summed E-state index contributed by atoms with van der Waals surface area (Å²) in [6, 6.07) is 10.3. The zero-order valence-electron chi connectivity index (χ0n) is 9.81. The number of benzene rings is 1. The van der Waals surface area contributed by atoms with Crippen LogP contribution >= 0.6 is 15.9 Å². The molecule has 1 N–H and O–H groups in total. The molecule has 4 heteroatoms. The van der Waals surface area contributed by atoms with Gasteiger partial charge in [-0.25, -0.2) is 4.98 Å². The molecule has 0 fully saturated rings. The first-order valence-electron chi connectivity index (χ1n) is 5.85. The fourth-order valence-corrected chi connectivity index (χ4v) is 2.74. The second-order valence-electron chi connectivity index (χ2n) is 4.42. The summed E-state index contributed by atoms with van der Waals surface area (Å²) in [5, 5.41) is 9.43. The van der Waals surface area contributed by atoms with Crippen molar-refractivity contribution >= 4 is 21.7 Å². The van der Waals surface area contributed by atoms with Gasteiger partial charge in [-0.05, 0) is 33.1 Å². The fraction of sp³-hybridized carbons (Fsp3) is 0.214. The quantitative estimate of drug-likeness (QED) is 0.927. The largest absolute Gasteiger partial charge is 0.392 e. The van der Waals surface area contributed by atoms with Crippen LogP contribution in [-0.2, 0) is 19.7 Å². The van der Waals surface area contributed by atoms with Gasteiger partial charge in [0.2, 0.25) is 0 Å². The molecule has 0 atom stereocenters. The van der Waals surface area contributed by atoms with E-state index in [1.165, 1.54) is 11.1 Å². The van der Waals surface area contributed by atoms with Gasteiger partial charge in [-0.15, -0.1) is 0 Å². The van der Waals surface area contributed by atoms with E-state index in [4.69, 9.17) is 0 Å². The van der Waals surface area contributed by atoms with E-state index in [2.05, 4.69) is 50.1 Å². The first-order valence-corrected chi connectivity index (χ1v) is 6.64. The first kappa shape index (κ1) is 11.7. The van der Waals surface area contributed by atoms with Gasteiger partial charge in [0.05, 0.1) is 6.61 Å². The average Bonchev–Trinajstić information content (AvgIpc) is 2.82. The average molecular weight is 305 g/mol. The van der Waals surface area contributed by atoms with Crippen LogP contribution in [0, 0.1) is 0 Å². The van der Waals surface area contributed by atoms with Crippen molar-refractivity contribution in [2.75, 3.05) is 4.90 Å². The third kappa shape index (κ3) is 2.02. The van der Waals surface area contributed by atoms with Crippen molar-refractivity contribution in [2.45, 2.75) is 19.7 Å². The third-order valence-corrected chi connectivity index (χ3v) is 3.65. The van der Waals surface area contributed by atoms with Crippen LogP contribution < -0.4 is 4.90 Å². The monoisotopic (exact) mass is 304 g/mol. The van der Waals surface area contributed by atoms with E-state index in [0.29, 0.717) is 0 Å². The van der Waals surface area contributed by atoms with Gasteiger partial charge in [0.15, 0.2) is 0 Å². The highest BCUT2D eigenvalue weighted by Crippen LogP contribution is 2.30. The van der Waals surface area contributed by atoms with E-state index in [9.17, 15) is 5.11 Å². The van der Waals surface area contributed by atoms with Crippen LogP contribution in [0.3, 0.4) is 0 Å². The summed E-state index contributed by atoms with van der Waals surface area (Å²) in [4.78, 5) is 6.63. The number of pyridine rings is 1. The van der Waals surface area contributed by atoms with Crippen LogP contribution in [-0.4, -0.2) is 10.1 Å². The number of aliphatic hydroxyl groups is 1. The molecule has 18 heavy (non-hydrogen) atoms. The molecule has 0 saturated heterocycles. The molecule has 3 rings (SSSR count). The third-order valence-electron chi connectivity index (χ3n) is 3.22. The second-order valence-corrected chi connectivity index (χ2v) is 5.33. The SMILES string of the molecule is OCc1cc(Br)cnc1N1Cc2ccccc2C1. The van der Waals surface area contributed by atoms with Gasteiger partial charge in [0.1, 0.15) is 5.82 Å². The molecule has 0 unspecified atom stereocenters. The Balaban J connectivity index is 1.95. The Morgan fingerprint density at radius 3 is 2.50 bits per heavy atom. The Labute approximate surface area is 114 Å². The van der Waals surface area contributed by atoms with Crippen molar-refractivity contribution in [1.82, 2.24) is 4.98 Å². The van der Waals surface area contributed by atoms with Crippen molar-refractivity contribution in [3.63, 3.8) is 0 Å². The van der Waals surface area contributed by atoms with E-state index < -0.39 is 0 Å². The molecule has 2 heterocycles. The predicted octanol–water partition coefficient (Wildman–Crippen LogP) is 2.86. The molecule has 0 radical (unpaired) electrons. The maximum Gasteiger partial charge on any atom is 0.134 e. The van der Waals surface area contributed by atoms with Crippen LogP contribution in [0.15, 0.2) is 41.0 Å². The minimum absolute atomic E-state index is 0.00855. The van der Waals surface area contributed by atoms with Crippen molar-refractivity contribution < 1.29 is 5.11 Å². The minimum atomic E-state index is 0.00855. The van der Waals surface area contributed by atoms with Gasteiger partial charge < -0.3 is 10.0 Å². The summed E-state index contributed by atoms with van der Waals surface area (Å²) in [5.74, 6) is 0.872. The minimum Gasteiger partial charge on any atom is -0.392 e. The molecular formula is C14H13BrN2O. The maximum absolute atomic E-state index is 9.43. The van der Waals surface area contributed by atoms with Crippen molar-refractivity contribution in [1.29, 1.82) is 0 Å². The van der Waals surface area contributed by atoms with E-state index >= 15 is 0 Å². The summed E-state index contributed by atoms with van der Waals surface area (Å²) in [5.41, 5.74) is 3.54. The Hall–Kier alpha value is -1.39. The summed E-state index contributed by atoms with van der Waals surface area (Å²) >= 11 is 3.38. The van der Waals surface area contributed by atoms with Gasteiger partial charge in [-0.3, -0.25) is 0 Å². The van der Waals surface area contributed by atoms with Gasteiger partial charge in [-0.2, -0.15) is 0 Å². The molecule has 0 amide bonds. The predicted molar refractivity (Wildman–Crippen MR) is 74.2 cm³/mol. The van der Waals surface area contributed by atoms with E-state index in [1.54, 1.807) is 6.20 Å². The standard InChI is InChI=1S/C14H13BrN2O/c15-13-5-12(9-18)14(16-6-13)17-7-10-3-1-2-4-11(10)8-17/h1-6,18H,7-9H2. The second kappa shape index (κ2) is 4.71. The van der Waals surface area contributed by atoms with Crippen LogP contribution in [0.4, 0.5) is 5.82 Å². The Kier molecular flexibility index (Phi) is 3.06. The molecule has 3 nitrogen and oxygen atoms in total. The number of hydrogen-bond acceptors (Lipinski definition) is 3. The lowest BCUT2D eigenvalue weighted by molar-refractivity contribution is 0.281. The Morgan fingerprint density at radius 1 is 1.22 bits per heavy atom. The number of halogens is 1. The molecule has 1 aromatic carbocycles. The summed E-state index contributed by atoms with van der Waals surface area (Å²) in [6.45, 7) is 1.73. The van der Waals surface area contributed by atoms with E-state index in [0.717, 1.165) is 28.9 Å². The van der Waals surface area contributed by atoms with Crippen LogP contribution in [0.2, 0.25) is 0 Å². The Bertz CT molecular complexity index is 561. The molecule has 0 saturated carbocycles. The lowest BCUT2D eigenvalue weighted by atomic mass is 10.1. The molecule has 1 aromatic heterocycles. The number of nitrogens with zero attached hydrogens (tertiary/aromatic N) is 2. The molecule has 0 bridgehead atoms. The fourth-order valence-electron chi connectivity index (χ4n) is 2.36. The van der Waals surface area contributed by atoms with Crippen LogP contribution in [0.25, 0.3) is 0 Å². The number of aromatic nitrogens is 1. The normalized spacial score (nSPS) is 13.8. The smallest absolute Gasteiger partial charge is 0.134 e. The van der Waals surface area contributed by atoms with Gasteiger partial charge >= 0.3 is 0 Å². The topological polar surface area (TPSA) is 36.4 Å². The van der Waals surface area contributed by atoms with E-state index in [-0.39, 0.29) is 6.61 Å². The lowest BCUT2D eigenvalue weighted by Crippen LogP contribution is -2.18. The van der Waals surface area contributed by atoms with Gasteiger partial charge in [-0.1, -0.05) is 24.3 Å². The maximum atomic E-state index is 9.43. The summed E-state index contributed by atoms with van der Waals surface area (Å²) in [7, 11) is 0. The van der Waals surface area contributed by atoms with Crippen LogP contribution in [0.1, 0.15) is 16.7 Å². The number of hydrogen-bond donors (Lipinski definition) is 1. The number of aliphatic hydroxyl groups excluding tert-OH is 1. The molecular weight excluding hydrogens is 292 g/mol. The van der Waals surface area contributed by atoms with Crippen molar-refractivity contribution in [2.24, 2.45) is 0 Å². The zero-order chi connectivity index (χ0) is 12.5. The first-order chi connectivity index (χ1) is 8.78. The van der Waals surface area contributed by atoms with Crippen molar-refractivity contribution in [3.05, 3.63) is 57.7 Å². The van der Waals surface area contributed by atoms with Crippen molar-refractivity contribution in [3.8, 4) is 0 Å². The van der Waals surface area contributed by atoms with E-state index in [1.807, 2.05) is 6.07 Å². The molecule has 0 aliphatic carbocycles. The number of rotatable bonds is 2. The lowest BCUT2D eigenvalue weighted by Gasteiger charge is -2.19. The highest BCUT2D eigenvalue weighted by molar-refractivity contribution is 9.10.